The molecular formula is C7H11NO. The van der Waals surface area contributed by atoms with Gasteiger partial charge in [-0.25, -0.2) is 0 Å². The van der Waals surface area contributed by atoms with Gasteiger partial charge in [-0.15, -0.1) is 0 Å². The molecule has 1 heterocycles. The number of hydrogen-bond donors (Lipinski definition) is 0. The number of likely N-dealkylation sites (tertiary alicyclic amines) is 1. The average molecular weight is 125 g/mol. The van der Waals surface area contributed by atoms with Gasteiger partial charge < -0.3 is 4.90 Å². The molecule has 0 spiro atoms. The Balaban J connectivity index is 1.88. The Morgan fingerprint density at radius 1 is 1.33 bits per heavy atom. The number of rotatable bonds is 1. The van der Waals surface area contributed by atoms with Crippen LogP contribution in [-0.4, -0.2) is 23.9 Å². The molecule has 2 rings (SSSR count). The van der Waals surface area contributed by atoms with Crippen molar-refractivity contribution in [2.45, 2.75) is 19.3 Å². The van der Waals surface area contributed by atoms with E-state index < -0.39 is 0 Å². The Kier molecular flexibility index (Phi) is 1.01. The number of carbonyl (C=O) groups is 1. The van der Waals surface area contributed by atoms with Crippen molar-refractivity contribution in [2.75, 3.05) is 13.1 Å². The predicted molar refractivity (Wildman–Crippen MR) is 33.9 cm³/mol. The number of nitrogens with zero attached hydrogens (tertiary/aromatic N) is 1. The van der Waals surface area contributed by atoms with Crippen LogP contribution in [0.1, 0.15) is 19.3 Å². The molecule has 0 bridgehead atoms. The SMILES string of the molecule is O=C(C1CC1)N1CCC1. The highest BCUT2D eigenvalue weighted by molar-refractivity contribution is 5.81. The van der Waals surface area contributed by atoms with Gasteiger partial charge in [0, 0.05) is 19.0 Å². The molecule has 1 saturated carbocycles. The number of amides is 1. The topological polar surface area (TPSA) is 20.3 Å². The van der Waals surface area contributed by atoms with Crippen molar-refractivity contribution in [3.8, 4) is 0 Å². The second-order valence-electron chi connectivity index (χ2n) is 2.95. The predicted octanol–water partition coefficient (Wildman–Crippen LogP) is 0.629. The van der Waals surface area contributed by atoms with Gasteiger partial charge >= 0.3 is 0 Å². The molecular weight excluding hydrogens is 114 g/mol. The van der Waals surface area contributed by atoms with Crippen LogP contribution < -0.4 is 0 Å². The van der Waals surface area contributed by atoms with E-state index >= 15 is 0 Å². The first kappa shape index (κ1) is 5.27. The molecule has 1 amide bonds. The summed E-state index contributed by atoms with van der Waals surface area (Å²) in [5, 5.41) is 0. The van der Waals surface area contributed by atoms with Crippen molar-refractivity contribution >= 4 is 5.91 Å². The number of carbonyl (C=O) groups excluding carboxylic acids is 1. The quantitative estimate of drug-likeness (QED) is 0.503. The maximum atomic E-state index is 11.1. The third-order valence-corrected chi connectivity index (χ3v) is 2.09. The molecule has 1 saturated heterocycles. The Hall–Kier alpha value is -0.530. The first-order valence-electron chi connectivity index (χ1n) is 3.67. The van der Waals surface area contributed by atoms with Crippen LogP contribution in [0.15, 0.2) is 0 Å². The molecule has 0 unspecified atom stereocenters. The minimum atomic E-state index is 0.418. The van der Waals surface area contributed by atoms with Crippen molar-refractivity contribution < 1.29 is 4.79 Å². The lowest BCUT2D eigenvalue weighted by Gasteiger charge is -2.30. The van der Waals surface area contributed by atoms with Gasteiger partial charge in [-0.1, -0.05) is 0 Å². The second kappa shape index (κ2) is 1.72. The summed E-state index contributed by atoms with van der Waals surface area (Å²) in [6.07, 6.45) is 3.52. The first-order chi connectivity index (χ1) is 4.38. The molecule has 0 N–H and O–H groups in total. The van der Waals surface area contributed by atoms with E-state index in [1.54, 1.807) is 0 Å². The van der Waals surface area contributed by atoms with Crippen LogP contribution in [0.5, 0.6) is 0 Å². The zero-order chi connectivity index (χ0) is 6.27. The zero-order valence-electron chi connectivity index (χ0n) is 5.47. The lowest BCUT2D eigenvalue weighted by atomic mass is 10.2. The van der Waals surface area contributed by atoms with Gasteiger partial charge in [-0.2, -0.15) is 0 Å². The highest BCUT2D eigenvalue weighted by Crippen LogP contribution is 2.32. The summed E-state index contributed by atoms with van der Waals surface area (Å²) >= 11 is 0. The second-order valence-corrected chi connectivity index (χ2v) is 2.95. The van der Waals surface area contributed by atoms with Crippen LogP contribution in [0.4, 0.5) is 0 Å². The van der Waals surface area contributed by atoms with E-state index in [1.165, 1.54) is 6.42 Å². The molecule has 2 fully saturated rings. The van der Waals surface area contributed by atoms with E-state index in [2.05, 4.69) is 0 Å². The fourth-order valence-electron chi connectivity index (χ4n) is 1.13. The van der Waals surface area contributed by atoms with Crippen LogP contribution in [-0.2, 0) is 4.79 Å². The summed E-state index contributed by atoms with van der Waals surface area (Å²) in [6.45, 7) is 2.05. The van der Waals surface area contributed by atoms with Gasteiger partial charge in [0.1, 0.15) is 0 Å². The van der Waals surface area contributed by atoms with Crippen molar-refractivity contribution in [1.82, 2.24) is 4.90 Å². The Morgan fingerprint density at radius 2 is 2.00 bits per heavy atom. The largest absolute Gasteiger partial charge is 0.342 e. The first-order valence-corrected chi connectivity index (χ1v) is 3.67. The standard InChI is InChI=1S/C7H11NO/c9-7(6-2-3-6)8-4-1-5-8/h6H,1-5H2. The normalized spacial score (nSPS) is 25.6. The summed E-state index contributed by atoms with van der Waals surface area (Å²) in [4.78, 5) is 13.1. The summed E-state index contributed by atoms with van der Waals surface area (Å²) < 4.78 is 0. The van der Waals surface area contributed by atoms with E-state index in [1.807, 2.05) is 4.90 Å². The van der Waals surface area contributed by atoms with Crippen molar-refractivity contribution in [3.05, 3.63) is 0 Å². The molecule has 0 aromatic heterocycles. The summed E-state index contributed by atoms with van der Waals surface area (Å²) in [5.74, 6) is 0.853. The van der Waals surface area contributed by atoms with Crippen molar-refractivity contribution in [3.63, 3.8) is 0 Å². The molecule has 0 radical (unpaired) electrons. The van der Waals surface area contributed by atoms with Gasteiger partial charge in [-0.05, 0) is 19.3 Å². The highest BCUT2D eigenvalue weighted by Gasteiger charge is 2.35. The summed E-state index contributed by atoms with van der Waals surface area (Å²) in [5.41, 5.74) is 0. The van der Waals surface area contributed by atoms with E-state index in [9.17, 15) is 4.79 Å². The fraction of sp³-hybridized carbons (Fsp3) is 0.857. The molecule has 50 valence electrons. The van der Waals surface area contributed by atoms with Crippen molar-refractivity contribution in [1.29, 1.82) is 0 Å². The molecule has 0 atom stereocenters. The lowest BCUT2D eigenvalue weighted by Crippen LogP contribution is -2.42. The highest BCUT2D eigenvalue weighted by atomic mass is 16.2. The average Bonchev–Trinajstić information content (AvgIpc) is 2.37. The van der Waals surface area contributed by atoms with Crippen LogP contribution in [0.3, 0.4) is 0 Å². The molecule has 2 heteroatoms. The molecule has 2 nitrogen and oxygen atoms in total. The Bertz CT molecular complexity index is 136. The van der Waals surface area contributed by atoms with Gasteiger partial charge in [0.15, 0.2) is 0 Å². The number of hydrogen-bond acceptors (Lipinski definition) is 1. The zero-order valence-corrected chi connectivity index (χ0v) is 5.47. The molecule has 0 aromatic rings. The Labute approximate surface area is 54.8 Å². The van der Waals surface area contributed by atoms with Crippen LogP contribution in [0, 0.1) is 5.92 Å². The van der Waals surface area contributed by atoms with Gasteiger partial charge in [0.25, 0.3) is 0 Å². The smallest absolute Gasteiger partial charge is 0.225 e. The molecule has 1 aliphatic heterocycles. The fourth-order valence-corrected chi connectivity index (χ4v) is 1.13. The van der Waals surface area contributed by atoms with E-state index in [4.69, 9.17) is 0 Å². The lowest BCUT2D eigenvalue weighted by molar-refractivity contribution is -0.135. The van der Waals surface area contributed by atoms with Gasteiger partial charge in [0.05, 0.1) is 0 Å². The third kappa shape index (κ3) is 0.824. The van der Waals surface area contributed by atoms with E-state index in [-0.39, 0.29) is 0 Å². The minimum absolute atomic E-state index is 0.418. The van der Waals surface area contributed by atoms with Gasteiger partial charge in [-0.3, -0.25) is 4.79 Å². The Morgan fingerprint density at radius 3 is 2.33 bits per heavy atom. The molecule has 1 aliphatic carbocycles. The van der Waals surface area contributed by atoms with Crippen molar-refractivity contribution in [2.24, 2.45) is 5.92 Å². The molecule has 0 aromatic carbocycles. The van der Waals surface area contributed by atoms with Crippen LogP contribution in [0.25, 0.3) is 0 Å². The monoisotopic (exact) mass is 125 g/mol. The van der Waals surface area contributed by atoms with Gasteiger partial charge in [0.2, 0.25) is 5.91 Å². The van der Waals surface area contributed by atoms with Crippen LogP contribution >= 0.6 is 0 Å². The third-order valence-electron chi connectivity index (χ3n) is 2.09. The van der Waals surface area contributed by atoms with E-state index in [0.717, 1.165) is 25.9 Å². The maximum Gasteiger partial charge on any atom is 0.225 e. The van der Waals surface area contributed by atoms with Crippen LogP contribution in [0.2, 0.25) is 0 Å². The van der Waals surface area contributed by atoms with E-state index in [0.29, 0.717) is 11.8 Å². The summed E-state index contributed by atoms with van der Waals surface area (Å²) in [6, 6.07) is 0. The molecule has 2 aliphatic rings. The minimum Gasteiger partial charge on any atom is -0.342 e. The molecule has 9 heavy (non-hydrogen) atoms. The summed E-state index contributed by atoms with van der Waals surface area (Å²) in [7, 11) is 0. The maximum absolute atomic E-state index is 11.1.